The molecular weight excluding hydrogens is 433 g/mol. The summed E-state index contributed by atoms with van der Waals surface area (Å²) in [7, 11) is 0. The summed E-state index contributed by atoms with van der Waals surface area (Å²) in [6.07, 6.45) is 2.98. The van der Waals surface area contributed by atoms with E-state index in [0.29, 0.717) is 45.5 Å². The van der Waals surface area contributed by atoms with E-state index >= 15 is 0 Å². The van der Waals surface area contributed by atoms with Crippen LogP contribution in [0.2, 0.25) is 5.02 Å². The first-order valence-electron chi connectivity index (χ1n) is 11.1. The van der Waals surface area contributed by atoms with Gasteiger partial charge in [-0.3, -0.25) is 0 Å². The molecule has 0 aliphatic carbocycles. The molecule has 0 bridgehead atoms. The van der Waals surface area contributed by atoms with E-state index in [1.165, 1.54) is 6.07 Å². The molecule has 0 radical (unpaired) electrons. The number of nitrogens with one attached hydrogen (secondary N) is 1. The van der Waals surface area contributed by atoms with Gasteiger partial charge in [-0.25, -0.2) is 9.37 Å². The number of piperidine rings is 1. The highest BCUT2D eigenvalue weighted by Crippen LogP contribution is 2.39. The lowest BCUT2D eigenvalue weighted by Crippen LogP contribution is -2.50. The van der Waals surface area contributed by atoms with Crippen LogP contribution < -0.4 is 10.2 Å². The number of halogens is 2. The van der Waals surface area contributed by atoms with Gasteiger partial charge in [0, 0.05) is 41.7 Å². The maximum absolute atomic E-state index is 14.9. The van der Waals surface area contributed by atoms with Crippen LogP contribution in [-0.2, 0) is 4.74 Å². The molecule has 4 heterocycles. The second-order valence-electron chi connectivity index (χ2n) is 8.86. The number of nitrogens with zero attached hydrogens (tertiary/aromatic N) is 4. The Morgan fingerprint density at radius 3 is 2.72 bits per heavy atom. The van der Waals surface area contributed by atoms with Crippen LogP contribution in [0.3, 0.4) is 0 Å². The van der Waals surface area contributed by atoms with E-state index in [4.69, 9.17) is 25.8 Å². The predicted octanol–water partition coefficient (Wildman–Crippen LogP) is 4.43. The van der Waals surface area contributed by atoms with Crippen molar-refractivity contribution in [3.8, 4) is 11.5 Å². The van der Waals surface area contributed by atoms with Crippen LogP contribution in [0, 0.1) is 19.7 Å². The van der Waals surface area contributed by atoms with Gasteiger partial charge < -0.3 is 19.5 Å². The summed E-state index contributed by atoms with van der Waals surface area (Å²) in [4.78, 5) is 11.5. The SMILES string of the molecule is Cc1noc(-c2c(N3CC[C@@H](NC4CCOC4)C[C@H]3C)nc3c(F)cc(Cl)cc3c2C)n1. The zero-order valence-corrected chi connectivity index (χ0v) is 19.2. The predicted molar refractivity (Wildman–Crippen MR) is 122 cm³/mol. The van der Waals surface area contributed by atoms with Crippen LogP contribution >= 0.6 is 11.6 Å². The summed E-state index contributed by atoms with van der Waals surface area (Å²) in [6.45, 7) is 8.29. The molecule has 1 unspecified atom stereocenters. The van der Waals surface area contributed by atoms with Gasteiger partial charge in [0.2, 0.25) is 0 Å². The summed E-state index contributed by atoms with van der Waals surface area (Å²) < 4.78 is 25.9. The number of pyridine rings is 1. The smallest absolute Gasteiger partial charge is 0.261 e. The number of anilines is 1. The first-order valence-corrected chi connectivity index (χ1v) is 11.5. The number of aryl methyl sites for hydroxylation is 2. The molecule has 2 aromatic heterocycles. The highest BCUT2D eigenvalue weighted by Gasteiger charge is 2.32. The molecule has 7 nitrogen and oxygen atoms in total. The Labute approximate surface area is 191 Å². The summed E-state index contributed by atoms with van der Waals surface area (Å²) in [5, 5.41) is 8.69. The number of hydrogen-bond acceptors (Lipinski definition) is 7. The Bertz CT molecular complexity index is 1150. The Morgan fingerprint density at radius 1 is 1.19 bits per heavy atom. The number of rotatable bonds is 4. The molecule has 1 N–H and O–H groups in total. The molecule has 3 aromatic rings. The zero-order valence-electron chi connectivity index (χ0n) is 18.5. The average Bonchev–Trinajstić information content (AvgIpc) is 3.40. The molecule has 2 aliphatic heterocycles. The van der Waals surface area contributed by atoms with Crippen molar-refractivity contribution >= 4 is 28.3 Å². The molecule has 0 spiro atoms. The van der Waals surface area contributed by atoms with Crippen molar-refractivity contribution in [1.29, 1.82) is 0 Å². The Kier molecular flexibility index (Phi) is 5.77. The second-order valence-corrected chi connectivity index (χ2v) is 9.29. The van der Waals surface area contributed by atoms with Gasteiger partial charge in [-0.15, -0.1) is 0 Å². The van der Waals surface area contributed by atoms with Crippen LogP contribution in [0.5, 0.6) is 0 Å². The summed E-state index contributed by atoms with van der Waals surface area (Å²) in [5.41, 5.74) is 1.87. The fraction of sp³-hybridized carbons (Fsp3) is 0.522. The minimum atomic E-state index is -0.435. The second kappa shape index (κ2) is 8.57. The summed E-state index contributed by atoms with van der Waals surface area (Å²) >= 11 is 6.15. The third kappa shape index (κ3) is 3.95. The van der Waals surface area contributed by atoms with Gasteiger partial charge in [-0.05, 0) is 57.7 Å². The third-order valence-electron chi connectivity index (χ3n) is 6.54. The van der Waals surface area contributed by atoms with E-state index in [2.05, 4.69) is 27.3 Å². The Morgan fingerprint density at radius 2 is 2.03 bits per heavy atom. The molecule has 2 fully saturated rings. The van der Waals surface area contributed by atoms with Crippen molar-refractivity contribution in [2.75, 3.05) is 24.7 Å². The van der Waals surface area contributed by atoms with Crippen molar-refractivity contribution in [2.45, 2.75) is 58.2 Å². The Hall–Kier alpha value is -2.29. The van der Waals surface area contributed by atoms with Crippen LogP contribution in [0.4, 0.5) is 10.2 Å². The van der Waals surface area contributed by atoms with Crippen LogP contribution in [0.15, 0.2) is 16.7 Å². The molecule has 170 valence electrons. The number of hydrogen-bond donors (Lipinski definition) is 1. The topological polar surface area (TPSA) is 76.3 Å². The molecular formula is C23H27ClFN5O2. The van der Waals surface area contributed by atoms with Crippen molar-refractivity contribution in [3.63, 3.8) is 0 Å². The van der Waals surface area contributed by atoms with E-state index in [9.17, 15) is 4.39 Å². The van der Waals surface area contributed by atoms with Crippen LogP contribution in [-0.4, -0.2) is 53.0 Å². The normalized spacial score (nSPS) is 23.9. The van der Waals surface area contributed by atoms with E-state index in [0.717, 1.165) is 50.1 Å². The largest absolute Gasteiger partial charge is 0.380 e. The third-order valence-corrected chi connectivity index (χ3v) is 6.76. The molecule has 2 aliphatic rings. The maximum atomic E-state index is 14.9. The maximum Gasteiger partial charge on any atom is 0.261 e. The highest BCUT2D eigenvalue weighted by molar-refractivity contribution is 6.31. The zero-order chi connectivity index (χ0) is 22.4. The van der Waals surface area contributed by atoms with Crippen molar-refractivity contribution < 1.29 is 13.7 Å². The van der Waals surface area contributed by atoms with Gasteiger partial charge in [0.15, 0.2) is 11.6 Å². The number of ether oxygens (including phenoxy) is 1. The lowest BCUT2D eigenvalue weighted by molar-refractivity contribution is 0.185. The molecule has 1 aromatic carbocycles. The van der Waals surface area contributed by atoms with Crippen molar-refractivity contribution in [2.24, 2.45) is 0 Å². The average molecular weight is 460 g/mol. The van der Waals surface area contributed by atoms with Gasteiger partial charge in [0.05, 0.1) is 12.2 Å². The molecule has 0 saturated carbocycles. The molecule has 9 heteroatoms. The quantitative estimate of drug-likeness (QED) is 0.618. The number of aromatic nitrogens is 3. The fourth-order valence-corrected chi connectivity index (χ4v) is 5.13. The first kappa shape index (κ1) is 21.6. The summed E-state index contributed by atoms with van der Waals surface area (Å²) in [6, 6.07) is 4.09. The van der Waals surface area contributed by atoms with E-state index in [1.54, 1.807) is 13.0 Å². The molecule has 32 heavy (non-hydrogen) atoms. The first-order chi connectivity index (χ1) is 15.4. The van der Waals surface area contributed by atoms with Gasteiger partial charge >= 0.3 is 0 Å². The van der Waals surface area contributed by atoms with Gasteiger partial charge in [0.25, 0.3) is 5.89 Å². The fourth-order valence-electron chi connectivity index (χ4n) is 4.93. The Balaban J connectivity index is 1.55. The molecule has 2 saturated heterocycles. The van der Waals surface area contributed by atoms with E-state index in [-0.39, 0.29) is 6.04 Å². The lowest BCUT2D eigenvalue weighted by atomic mass is 9.95. The lowest BCUT2D eigenvalue weighted by Gasteiger charge is -2.40. The highest BCUT2D eigenvalue weighted by atomic mass is 35.5. The monoisotopic (exact) mass is 459 g/mol. The molecule has 5 rings (SSSR count). The van der Waals surface area contributed by atoms with Gasteiger partial charge in [-0.2, -0.15) is 4.98 Å². The standard InChI is InChI=1S/C23H27ClFN5O2/c1-12-8-16(27-17-5-7-31-11-17)4-6-30(12)22-20(23-26-14(3)29-32-23)13(2)18-9-15(24)10-19(25)21(18)28-22/h9-10,12,16-17,27H,4-8,11H2,1-3H3/t12-,16-,17?/m1/s1. The minimum Gasteiger partial charge on any atom is -0.380 e. The van der Waals surface area contributed by atoms with Gasteiger partial charge in [-0.1, -0.05) is 16.8 Å². The van der Waals surface area contributed by atoms with Crippen molar-refractivity contribution in [1.82, 2.24) is 20.4 Å². The van der Waals surface area contributed by atoms with Gasteiger partial charge in [0.1, 0.15) is 11.3 Å². The van der Waals surface area contributed by atoms with E-state index in [1.807, 2.05) is 6.92 Å². The van der Waals surface area contributed by atoms with Crippen LogP contribution in [0.25, 0.3) is 22.4 Å². The number of benzene rings is 1. The summed E-state index contributed by atoms with van der Waals surface area (Å²) in [5.74, 6) is 1.17. The van der Waals surface area contributed by atoms with Crippen molar-refractivity contribution in [3.05, 3.63) is 34.4 Å². The van der Waals surface area contributed by atoms with Crippen LogP contribution in [0.1, 0.15) is 37.6 Å². The molecule has 3 atom stereocenters. The minimum absolute atomic E-state index is 0.200. The number of fused-ring (bicyclic) bond motifs is 1. The van der Waals surface area contributed by atoms with E-state index < -0.39 is 5.82 Å². The molecule has 0 amide bonds.